The van der Waals surface area contributed by atoms with Crippen molar-refractivity contribution >= 4 is 13.7 Å². The Morgan fingerprint density at radius 3 is 1.94 bits per heavy atom. The van der Waals surface area contributed by atoms with E-state index >= 15 is 0 Å². The zero-order chi connectivity index (χ0) is 24.3. The molecule has 2 aromatic rings. The van der Waals surface area contributed by atoms with Crippen molar-refractivity contribution in [2.75, 3.05) is 6.61 Å². The van der Waals surface area contributed by atoms with Gasteiger partial charge in [0.2, 0.25) is 34.8 Å². The van der Waals surface area contributed by atoms with Crippen molar-refractivity contribution in [2.45, 2.75) is 33.7 Å². The van der Waals surface area contributed by atoms with E-state index in [0.29, 0.717) is 0 Å². The Morgan fingerprint density at radius 1 is 0.938 bits per heavy atom. The number of carbonyl (C=O) groups excluding carboxylic acids is 1. The van der Waals surface area contributed by atoms with E-state index < -0.39 is 60.0 Å². The van der Waals surface area contributed by atoms with Crippen LogP contribution in [0, 0.1) is 34.5 Å². The minimum Gasteiger partial charge on any atom is -0.464 e. The van der Waals surface area contributed by atoms with Crippen LogP contribution in [0.5, 0.6) is 11.5 Å². The third-order valence-corrected chi connectivity index (χ3v) is 5.28. The van der Waals surface area contributed by atoms with Gasteiger partial charge in [0.1, 0.15) is 11.8 Å². The number of rotatable bonds is 8. The Labute approximate surface area is 181 Å². The molecule has 1 N–H and O–H groups in total. The Morgan fingerprint density at radius 2 is 1.44 bits per heavy atom. The summed E-state index contributed by atoms with van der Waals surface area (Å²) in [7, 11) is -4.93. The fourth-order valence-corrected chi connectivity index (χ4v) is 3.70. The van der Waals surface area contributed by atoms with Gasteiger partial charge < -0.3 is 13.8 Å². The van der Waals surface area contributed by atoms with Crippen molar-refractivity contribution in [1.29, 1.82) is 0 Å². The van der Waals surface area contributed by atoms with Crippen LogP contribution in [-0.2, 0) is 14.1 Å². The van der Waals surface area contributed by atoms with Gasteiger partial charge >= 0.3 is 13.7 Å². The number of hydrogen-bond donors (Lipinski definition) is 1. The summed E-state index contributed by atoms with van der Waals surface area (Å²) in [5.74, 6) is -14.6. The summed E-state index contributed by atoms with van der Waals surface area (Å²) in [5, 5.41) is 2.10. The summed E-state index contributed by atoms with van der Waals surface area (Å²) in [4.78, 5) is 12.2. The van der Waals surface area contributed by atoms with Gasteiger partial charge in [-0.1, -0.05) is 39.0 Å². The summed E-state index contributed by atoms with van der Waals surface area (Å²) in [6.07, 6.45) is 0. The van der Waals surface area contributed by atoms with E-state index in [0.717, 1.165) is 0 Å². The molecule has 0 aliphatic carbocycles. The molecular weight excluding hydrogens is 460 g/mol. The van der Waals surface area contributed by atoms with Crippen LogP contribution in [0.15, 0.2) is 30.3 Å². The molecule has 0 aliphatic heterocycles. The summed E-state index contributed by atoms with van der Waals surface area (Å²) in [6, 6.07) is 5.66. The highest BCUT2D eigenvalue weighted by atomic mass is 31.2. The van der Waals surface area contributed by atoms with Gasteiger partial charge in [-0.15, -0.1) is 0 Å². The number of esters is 1. The van der Waals surface area contributed by atoms with Gasteiger partial charge in [-0.2, -0.15) is 13.9 Å². The topological polar surface area (TPSA) is 73.9 Å². The Bertz CT molecular complexity index is 1000. The van der Waals surface area contributed by atoms with Crippen LogP contribution >= 0.6 is 7.75 Å². The van der Waals surface area contributed by atoms with Crippen LogP contribution in [-0.4, -0.2) is 18.6 Å². The average molecular weight is 481 g/mol. The molecule has 0 aromatic heterocycles. The van der Waals surface area contributed by atoms with E-state index in [9.17, 15) is 31.3 Å². The number of ether oxygens (including phenoxy) is 1. The zero-order valence-corrected chi connectivity index (χ0v) is 18.4. The second-order valence-corrected chi connectivity index (χ2v) is 9.53. The Hall–Kier alpha value is -2.65. The predicted molar refractivity (Wildman–Crippen MR) is 105 cm³/mol. The van der Waals surface area contributed by atoms with Gasteiger partial charge in [0.25, 0.3) is 0 Å². The lowest BCUT2D eigenvalue weighted by atomic mass is 9.99. The quantitative estimate of drug-likeness (QED) is 0.176. The highest BCUT2D eigenvalue weighted by molar-refractivity contribution is 7.52. The number of nitrogens with one attached hydrogen (secondary N) is 1. The first-order valence-corrected chi connectivity index (χ1v) is 10.8. The Kier molecular flexibility index (Phi) is 7.90. The average Bonchev–Trinajstić information content (AvgIpc) is 2.72. The second-order valence-electron chi connectivity index (χ2n) is 7.91. The predicted octanol–water partition coefficient (Wildman–Crippen LogP) is 5.52. The molecule has 2 atom stereocenters. The summed E-state index contributed by atoms with van der Waals surface area (Å²) < 4.78 is 96.7. The molecule has 2 aromatic carbocycles. The van der Waals surface area contributed by atoms with Crippen molar-refractivity contribution in [2.24, 2.45) is 5.41 Å². The lowest BCUT2D eigenvalue weighted by Gasteiger charge is -2.24. The van der Waals surface area contributed by atoms with Crippen molar-refractivity contribution in [3.05, 3.63) is 59.4 Å². The SMILES string of the molecule is C[C@H](NP(=O)(Oc1ccccc1)Oc1c(F)c(F)c(F)c(F)c1F)C(=O)OCC(C)(C)C. The molecule has 0 saturated heterocycles. The minimum absolute atomic E-state index is 0.0137. The smallest absolute Gasteiger partial charge is 0.464 e. The molecule has 0 saturated carbocycles. The maximum Gasteiger partial charge on any atom is 0.513 e. The Balaban J connectivity index is 2.39. The van der Waals surface area contributed by atoms with Crippen molar-refractivity contribution in [3.63, 3.8) is 0 Å². The van der Waals surface area contributed by atoms with E-state index in [1.807, 2.05) is 0 Å². The van der Waals surface area contributed by atoms with Crippen molar-refractivity contribution in [3.8, 4) is 11.5 Å². The number of hydrogen-bond acceptors (Lipinski definition) is 5. The largest absolute Gasteiger partial charge is 0.513 e. The molecule has 6 nitrogen and oxygen atoms in total. The summed E-state index contributed by atoms with van der Waals surface area (Å²) in [5.41, 5.74) is -0.397. The third kappa shape index (κ3) is 6.43. The fourth-order valence-electron chi connectivity index (χ4n) is 2.18. The second kappa shape index (κ2) is 9.87. The number of carbonyl (C=O) groups is 1. The van der Waals surface area contributed by atoms with Crippen LogP contribution < -0.4 is 14.1 Å². The molecule has 0 bridgehead atoms. The minimum atomic E-state index is -4.93. The van der Waals surface area contributed by atoms with Gasteiger partial charge in [0, 0.05) is 0 Å². The normalized spacial score (nSPS) is 14.4. The third-order valence-electron chi connectivity index (χ3n) is 3.70. The standard InChI is InChI=1S/C20H21F5NO5P/c1-11(19(27)29-10-20(2,3)4)26-32(28,30-12-8-6-5-7-9-12)31-18-16(24)14(22)13(21)15(23)17(18)25/h5-9,11H,10H2,1-4H3,(H,26,28)/t11-,32?/m0/s1. The lowest BCUT2D eigenvalue weighted by Crippen LogP contribution is -2.37. The van der Waals surface area contributed by atoms with Gasteiger partial charge in [0.15, 0.2) is 0 Å². The molecule has 0 aliphatic rings. The fraction of sp³-hybridized carbons (Fsp3) is 0.350. The summed E-state index contributed by atoms with van der Waals surface area (Å²) in [6.45, 7) is 6.53. The van der Waals surface area contributed by atoms with E-state index in [-0.39, 0.29) is 12.4 Å². The maximum atomic E-state index is 14.1. The van der Waals surface area contributed by atoms with Crippen LogP contribution in [0.2, 0.25) is 0 Å². The number of benzene rings is 2. The van der Waals surface area contributed by atoms with Crippen LogP contribution in [0.1, 0.15) is 27.7 Å². The molecule has 176 valence electrons. The van der Waals surface area contributed by atoms with Crippen molar-refractivity contribution in [1.82, 2.24) is 5.09 Å². The number of halogens is 5. The molecule has 2 rings (SSSR count). The van der Waals surface area contributed by atoms with Gasteiger partial charge in [-0.05, 0) is 24.5 Å². The van der Waals surface area contributed by atoms with E-state index in [4.69, 9.17) is 9.26 Å². The molecular formula is C20H21F5NO5P. The van der Waals surface area contributed by atoms with E-state index in [1.165, 1.54) is 31.2 Å². The number of para-hydroxylation sites is 1. The van der Waals surface area contributed by atoms with Gasteiger partial charge in [-0.3, -0.25) is 4.79 Å². The zero-order valence-electron chi connectivity index (χ0n) is 17.5. The first-order chi connectivity index (χ1) is 14.7. The molecule has 0 spiro atoms. The summed E-state index contributed by atoms with van der Waals surface area (Å²) >= 11 is 0. The highest BCUT2D eigenvalue weighted by Gasteiger charge is 2.38. The molecule has 12 heteroatoms. The van der Waals surface area contributed by atoms with Crippen LogP contribution in [0.4, 0.5) is 22.0 Å². The maximum absolute atomic E-state index is 14.1. The van der Waals surface area contributed by atoms with E-state index in [1.54, 1.807) is 26.8 Å². The van der Waals surface area contributed by atoms with Crippen molar-refractivity contribution < 1.29 is 45.1 Å². The molecule has 0 fully saturated rings. The molecule has 32 heavy (non-hydrogen) atoms. The molecule has 0 amide bonds. The van der Waals surface area contributed by atoms with Gasteiger partial charge in [0.05, 0.1) is 6.61 Å². The van der Waals surface area contributed by atoms with Gasteiger partial charge in [-0.25, -0.2) is 17.7 Å². The lowest BCUT2D eigenvalue weighted by molar-refractivity contribution is -0.148. The molecule has 0 heterocycles. The van der Waals surface area contributed by atoms with Crippen LogP contribution in [0.3, 0.4) is 0 Å². The first kappa shape index (κ1) is 25.6. The molecule has 1 unspecified atom stereocenters. The highest BCUT2D eigenvalue weighted by Crippen LogP contribution is 2.47. The first-order valence-electron chi connectivity index (χ1n) is 9.24. The molecule has 0 radical (unpaired) electrons. The van der Waals surface area contributed by atoms with E-state index in [2.05, 4.69) is 9.61 Å². The monoisotopic (exact) mass is 481 g/mol. The van der Waals surface area contributed by atoms with Crippen LogP contribution in [0.25, 0.3) is 0 Å².